The van der Waals surface area contributed by atoms with Gasteiger partial charge in [0.25, 0.3) is 0 Å². The Morgan fingerprint density at radius 2 is 2.33 bits per heavy atom. The molecule has 1 amide bonds. The van der Waals surface area contributed by atoms with Crippen molar-refractivity contribution in [1.82, 2.24) is 14.8 Å². The van der Waals surface area contributed by atoms with Crippen molar-refractivity contribution < 1.29 is 4.79 Å². The van der Waals surface area contributed by atoms with Gasteiger partial charge in [0.05, 0.1) is 11.3 Å². The lowest BCUT2D eigenvalue weighted by molar-refractivity contribution is -0.113. The van der Waals surface area contributed by atoms with Crippen molar-refractivity contribution in [2.45, 2.75) is 30.6 Å². The summed E-state index contributed by atoms with van der Waals surface area (Å²) >= 11 is 2.74. The van der Waals surface area contributed by atoms with Crippen molar-refractivity contribution in [2.75, 3.05) is 11.1 Å². The van der Waals surface area contributed by atoms with Gasteiger partial charge >= 0.3 is 0 Å². The van der Waals surface area contributed by atoms with Gasteiger partial charge in [0.1, 0.15) is 17.4 Å². The minimum Gasteiger partial charge on any atom is -0.328 e. The van der Waals surface area contributed by atoms with Crippen LogP contribution in [0.2, 0.25) is 0 Å². The van der Waals surface area contributed by atoms with Crippen LogP contribution < -0.4 is 5.32 Å². The third kappa shape index (κ3) is 4.06. The first-order valence-corrected chi connectivity index (χ1v) is 8.08. The third-order valence-corrected chi connectivity index (χ3v) is 4.47. The van der Waals surface area contributed by atoms with E-state index < -0.39 is 0 Å². The van der Waals surface area contributed by atoms with Crippen LogP contribution in [0.15, 0.2) is 22.1 Å². The Hall–Kier alpha value is -1.85. The first kappa shape index (κ1) is 15.5. The molecule has 0 saturated heterocycles. The summed E-state index contributed by atoms with van der Waals surface area (Å²) in [6, 6.07) is 3.77. The van der Waals surface area contributed by atoms with E-state index in [4.69, 9.17) is 5.26 Å². The summed E-state index contributed by atoms with van der Waals surface area (Å²) in [5.41, 5.74) is 1.94. The molecule has 0 radical (unpaired) electrons. The zero-order valence-corrected chi connectivity index (χ0v) is 13.6. The lowest BCUT2D eigenvalue weighted by atomic mass is 10.1. The fourth-order valence-electron chi connectivity index (χ4n) is 1.71. The van der Waals surface area contributed by atoms with Gasteiger partial charge in [0, 0.05) is 11.7 Å². The van der Waals surface area contributed by atoms with E-state index in [0.717, 1.165) is 4.34 Å². The maximum Gasteiger partial charge on any atom is 0.235 e. The highest BCUT2D eigenvalue weighted by molar-refractivity contribution is 8.01. The number of amides is 1. The van der Waals surface area contributed by atoms with Crippen LogP contribution in [-0.4, -0.2) is 26.4 Å². The second kappa shape index (κ2) is 6.28. The van der Waals surface area contributed by atoms with Crippen LogP contribution in [0, 0.1) is 11.3 Å². The number of rotatable bonds is 4. The summed E-state index contributed by atoms with van der Waals surface area (Å²) < 4.78 is 2.65. The molecule has 21 heavy (non-hydrogen) atoms. The molecule has 8 heteroatoms. The van der Waals surface area contributed by atoms with Crippen LogP contribution >= 0.6 is 23.1 Å². The second-order valence-corrected chi connectivity index (χ2v) is 7.36. The maximum atomic E-state index is 12.0. The Morgan fingerprint density at radius 3 is 2.90 bits per heavy atom. The number of anilines is 1. The molecule has 0 unspecified atom stereocenters. The van der Waals surface area contributed by atoms with Gasteiger partial charge in [-0.25, -0.2) is 0 Å². The molecule has 0 aliphatic heterocycles. The molecule has 2 heterocycles. The van der Waals surface area contributed by atoms with Crippen molar-refractivity contribution in [3.05, 3.63) is 23.3 Å². The highest BCUT2D eigenvalue weighted by Crippen LogP contribution is 2.25. The molecule has 6 nitrogen and oxygen atoms in total. The second-order valence-electron chi connectivity index (χ2n) is 5.31. The minimum atomic E-state index is -0.218. The van der Waals surface area contributed by atoms with E-state index in [1.807, 2.05) is 25.3 Å². The quantitative estimate of drug-likeness (QED) is 0.875. The van der Waals surface area contributed by atoms with Gasteiger partial charge in [-0.15, -0.1) is 10.2 Å². The Morgan fingerprint density at radius 1 is 1.57 bits per heavy atom. The van der Waals surface area contributed by atoms with E-state index in [1.165, 1.54) is 23.1 Å². The predicted octanol–water partition coefficient (Wildman–Crippen LogP) is 2.70. The van der Waals surface area contributed by atoms with Crippen LogP contribution in [0.3, 0.4) is 0 Å². The highest BCUT2D eigenvalue weighted by atomic mass is 32.2. The summed E-state index contributed by atoms with van der Waals surface area (Å²) in [7, 11) is 0. The number of hydrogen-bond acceptors (Lipinski definition) is 6. The monoisotopic (exact) mass is 321 g/mol. The number of hydrogen-bond donors (Lipinski definition) is 1. The summed E-state index contributed by atoms with van der Waals surface area (Å²) in [6.45, 7) is 6.04. The molecular weight excluding hydrogens is 306 g/mol. The first-order chi connectivity index (χ1) is 9.90. The Labute approximate surface area is 131 Å². The minimum absolute atomic E-state index is 0.136. The molecule has 2 aromatic rings. The molecule has 0 aliphatic carbocycles. The van der Waals surface area contributed by atoms with E-state index in [0.29, 0.717) is 11.4 Å². The molecule has 0 aliphatic rings. The zero-order valence-electron chi connectivity index (χ0n) is 12.0. The first-order valence-electron chi connectivity index (χ1n) is 6.22. The van der Waals surface area contributed by atoms with Crippen LogP contribution in [0.5, 0.6) is 0 Å². The molecule has 2 aromatic heterocycles. The molecule has 0 bridgehead atoms. The fraction of sp³-hybridized carbons (Fsp3) is 0.385. The molecule has 0 spiro atoms. The van der Waals surface area contributed by atoms with E-state index >= 15 is 0 Å². The number of carbonyl (C=O) groups is 1. The van der Waals surface area contributed by atoms with E-state index in [-0.39, 0.29) is 17.2 Å². The number of carbonyl (C=O) groups excluding carboxylic acids is 1. The maximum absolute atomic E-state index is 12.0. The van der Waals surface area contributed by atoms with Crippen molar-refractivity contribution in [2.24, 2.45) is 0 Å². The van der Waals surface area contributed by atoms with Crippen molar-refractivity contribution in [1.29, 1.82) is 5.26 Å². The SMILES string of the molecule is CC(C)(C)n1cc(C#N)cc1NC(=O)CSc1nncs1. The van der Waals surface area contributed by atoms with E-state index in [1.54, 1.807) is 17.8 Å². The Balaban J connectivity index is 2.06. The smallest absolute Gasteiger partial charge is 0.235 e. The molecule has 0 saturated carbocycles. The van der Waals surface area contributed by atoms with Crippen LogP contribution in [0.4, 0.5) is 5.82 Å². The average Bonchev–Trinajstić information content (AvgIpc) is 3.04. The largest absolute Gasteiger partial charge is 0.328 e. The number of nitriles is 1. The molecule has 1 N–H and O–H groups in total. The number of thioether (sulfide) groups is 1. The lowest BCUT2D eigenvalue weighted by Gasteiger charge is -2.24. The molecule has 0 aromatic carbocycles. The van der Waals surface area contributed by atoms with Gasteiger partial charge in [-0.05, 0) is 26.8 Å². The van der Waals surface area contributed by atoms with Gasteiger partial charge in [-0.3, -0.25) is 4.79 Å². The van der Waals surface area contributed by atoms with Gasteiger partial charge in [-0.1, -0.05) is 23.1 Å². The van der Waals surface area contributed by atoms with Crippen molar-refractivity contribution >= 4 is 34.8 Å². The number of nitrogens with zero attached hydrogens (tertiary/aromatic N) is 4. The normalized spacial score (nSPS) is 11.1. The standard InChI is InChI=1S/C13H15N5OS2/c1-13(2,3)18-6-9(5-14)4-10(18)16-11(19)7-20-12-17-15-8-21-12/h4,6,8H,7H2,1-3H3,(H,16,19). The van der Waals surface area contributed by atoms with Crippen LogP contribution in [0.1, 0.15) is 26.3 Å². The summed E-state index contributed by atoms with van der Waals surface area (Å²) in [6.07, 6.45) is 1.74. The molecule has 2 rings (SSSR count). The van der Waals surface area contributed by atoms with E-state index in [9.17, 15) is 4.79 Å². The van der Waals surface area contributed by atoms with Gasteiger partial charge in [0.15, 0.2) is 4.34 Å². The molecule has 0 fully saturated rings. The Bertz CT molecular complexity index is 664. The zero-order chi connectivity index (χ0) is 15.5. The van der Waals surface area contributed by atoms with Gasteiger partial charge < -0.3 is 9.88 Å². The van der Waals surface area contributed by atoms with Gasteiger partial charge in [-0.2, -0.15) is 5.26 Å². The topological polar surface area (TPSA) is 83.6 Å². The summed E-state index contributed by atoms with van der Waals surface area (Å²) in [5, 5.41) is 19.4. The highest BCUT2D eigenvalue weighted by Gasteiger charge is 2.19. The fourth-order valence-corrected chi connectivity index (χ4v) is 3.00. The third-order valence-electron chi connectivity index (χ3n) is 2.61. The molecule has 110 valence electrons. The summed E-state index contributed by atoms with van der Waals surface area (Å²) in [5.74, 6) is 0.747. The number of nitrogens with one attached hydrogen (secondary N) is 1. The Kier molecular flexibility index (Phi) is 4.65. The summed E-state index contributed by atoms with van der Waals surface area (Å²) in [4.78, 5) is 12.0. The van der Waals surface area contributed by atoms with Crippen molar-refractivity contribution in [3.63, 3.8) is 0 Å². The molecule has 0 atom stereocenters. The van der Waals surface area contributed by atoms with Crippen LogP contribution in [-0.2, 0) is 10.3 Å². The van der Waals surface area contributed by atoms with Gasteiger partial charge in [0.2, 0.25) is 5.91 Å². The number of aromatic nitrogens is 3. The lowest BCUT2D eigenvalue weighted by Crippen LogP contribution is -2.25. The van der Waals surface area contributed by atoms with Crippen molar-refractivity contribution in [3.8, 4) is 6.07 Å². The predicted molar refractivity (Wildman–Crippen MR) is 83.4 cm³/mol. The molecular formula is C13H15N5OS2. The van der Waals surface area contributed by atoms with Crippen LogP contribution in [0.25, 0.3) is 0 Å². The average molecular weight is 321 g/mol. The van der Waals surface area contributed by atoms with E-state index in [2.05, 4.69) is 21.6 Å².